The molecular formula is C20H24Br2O2S2SiZr. The van der Waals surface area contributed by atoms with Crippen molar-refractivity contribution in [3.63, 3.8) is 0 Å². The third-order valence-corrected chi connectivity index (χ3v) is 7.35. The summed E-state index contributed by atoms with van der Waals surface area (Å²) in [5, 5.41) is 15.5. The van der Waals surface area contributed by atoms with E-state index in [0.29, 0.717) is 0 Å². The van der Waals surface area contributed by atoms with Crippen molar-refractivity contribution in [2.24, 2.45) is 0 Å². The average Bonchev–Trinajstić information content (AvgIpc) is 3.28. The minimum atomic E-state index is -0.167. The first kappa shape index (κ1) is 28.8. The Hall–Kier alpha value is 0.830. The molecule has 2 N–H and O–H groups in total. The normalized spacial score (nSPS) is 18.1. The van der Waals surface area contributed by atoms with E-state index in [1.54, 1.807) is 13.8 Å². The number of aliphatic hydroxyl groups is 2. The Morgan fingerprint density at radius 3 is 1.54 bits per heavy atom. The largest absolute Gasteiger partial charge is 2.00 e. The van der Waals surface area contributed by atoms with E-state index in [1.807, 2.05) is 23.5 Å². The van der Waals surface area contributed by atoms with E-state index in [1.165, 1.54) is 50.9 Å². The maximum Gasteiger partial charge on any atom is 2.00 e. The third kappa shape index (κ3) is 9.76. The van der Waals surface area contributed by atoms with Gasteiger partial charge in [-0.2, -0.15) is 34.4 Å². The van der Waals surface area contributed by atoms with Gasteiger partial charge in [0, 0.05) is 33.3 Å². The molecular weight excluding hydrogens is 615 g/mol. The van der Waals surface area contributed by atoms with Crippen LogP contribution in [-0.4, -0.2) is 43.5 Å². The van der Waals surface area contributed by atoms with Crippen molar-refractivity contribution in [3.8, 4) is 0 Å². The molecule has 0 aromatic carbocycles. The summed E-state index contributed by atoms with van der Waals surface area (Å²) in [6.07, 6.45) is 10.8. The summed E-state index contributed by atoms with van der Waals surface area (Å²) in [6, 6.07) is 0. The van der Waals surface area contributed by atoms with Gasteiger partial charge in [-0.1, -0.05) is 54.7 Å². The Morgan fingerprint density at radius 1 is 1.00 bits per heavy atom. The number of thioether (sulfide) groups is 2. The molecule has 2 heterocycles. The number of halogens is 2. The first-order chi connectivity index (χ1) is 12.7. The fourth-order valence-corrected chi connectivity index (χ4v) is 5.76. The van der Waals surface area contributed by atoms with Gasteiger partial charge in [0.05, 0.1) is 0 Å². The second-order valence-electron chi connectivity index (χ2n) is 6.05. The van der Waals surface area contributed by atoms with Gasteiger partial charge in [-0.05, 0) is 13.8 Å². The van der Waals surface area contributed by atoms with Crippen LogP contribution in [0.25, 0.3) is 0 Å². The second-order valence-corrected chi connectivity index (χ2v) is 10.3. The quantitative estimate of drug-likeness (QED) is 0.283. The predicted molar refractivity (Wildman–Crippen MR) is 132 cm³/mol. The first-order valence-corrected chi connectivity index (χ1v) is 12.7. The van der Waals surface area contributed by atoms with E-state index < -0.39 is 0 Å². The van der Waals surface area contributed by atoms with E-state index in [2.05, 4.69) is 70.0 Å². The fraction of sp³-hybridized carbons (Fsp3) is 0.350. The molecule has 4 rings (SSSR count). The van der Waals surface area contributed by atoms with Gasteiger partial charge in [0.1, 0.15) is 0 Å². The van der Waals surface area contributed by atoms with E-state index in [4.69, 9.17) is 10.2 Å². The molecule has 0 aromatic rings. The molecule has 0 unspecified atom stereocenters. The summed E-state index contributed by atoms with van der Waals surface area (Å²) >= 11 is 10.8. The summed E-state index contributed by atoms with van der Waals surface area (Å²) in [4.78, 5) is 2.62. The Balaban J connectivity index is 0.000000385. The number of hydrogen-bond acceptors (Lipinski definition) is 4. The molecule has 8 heteroatoms. The van der Waals surface area contributed by atoms with Gasteiger partial charge in [-0.3, -0.25) is 0 Å². The molecule has 0 aromatic heterocycles. The van der Waals surface area contributed by atoms with Crippen LogP contribution in [0.2, 0.25) is 0 Å². The zero-order chi connectivity index (χ0) is 20.6. The molecule has 0 bridgehead atoms. The number of fused-ring (bicyclic) bond motifs is 2. The number of hydrogen-bond donors (Lipinski definition) is 2. The second kappa shape index (κ2) is 14.8. The molecule has 0 atom stereocenters. The van der Waals surface area contributed by atoms with Crippen LogP contribution < -0.4 is 0 Å². The van der Waals surface area contributed by atoms with Gasteiger partial charge in [0.15, 0.2) is 0 Å². The van der Waals surface area contributed by atoms with Gasteiger partial charge < -0.3 is 10.2 Å². The Labute approximate surface area is 216 Å². The topological polar surface area (TPSA) is 40.5 Å². The summed E-state index contributed by atoms with van der Waals surface area (Å²) in [7, 11) is 1.40. The van der Waals surface area contributed by atoms with Crippen molar-refractivity contribution in [3.05, 3.63) is 65.4 Å². The van der Waals surface area contributed by atoms with E-state index in [-0.39, 0.29) is 32.3 Å². The van der Waals surface area contributed by atoms with Crippen LogP contribution >= 0.6 is 55.4 Å². The van der Waals surface area contributed by atoms with Crippen LogP contribution in [0.3, 0.4) is 0 Å². The van der Waals surface area contributed by atoms with Crippen LogP contribution in [-0.2, 0) is 26.2 Å². The zero-order valence-electron chi connectivity index (χ0n) is 16.4. The molecule has 0 amide bonds. The Kier molecular flexibility index (Phi) is 15.2. The molecule has 2 nitrogen and oxygen atoms in total. The zero-order valence-corrected chi connectivity index (χ0v) is 25.1. The van der Waals surface area contributed by atoms with Crippen LogP contribution in [0, 0.1) is 12.2 Å². The maximum absolute atomic E-state index is 8.06. The molecule has 2 aliphatic heterocycles. The van der Waals surface area contributed by atoms with Crippen molar-refractivity contribution < 1.29 is 36.4 Å². The van der Waals surface area contributed by atoms with Gasteiger partial charge in [0.25, 0.3) is 0 Å². The number of aliphatic hydroxyl groups excluding tert-OH is 2. The molecule has 0 fully saturated rings. The van der Waals surface area contributed by atoms with Gasteiger partial charge >= 0.3 is 26.2 Å². The Bertz CT molecular complexity index is 705. The molecule has 0 saturated heterocycles. The van der Waals surface area contributed by atoms with Gasteiger partial charge in [-0.15, -0.1) is 33.3 Å². The summed E-state index contributed by atoms with van der Waals surface area (Å²) in [5.41, 5.74) is 5.19. The number of rotatable bonds is 0. The molecule has 2 aliphatic carbocycles. The van der Waals surface area contributed by atoms with Crippen molar-refractivity contribution >= 4 is 71.1 Å². The van der Waals surface area contributed by atoms with Crippen molar-refractivity contribution in [1.82, 2.24) is 0 Å². The summed E-state index contributed by atoms with van der Waals surface area (Å²) in [5.74, 6) is 3.20. The molecule has 150 valence electrons. The third-order valence-electron chi connectivity index (χ3n) is 3.10. The minimum Gasteiger partial charge on any atom is -0.522 e. The van der Waals surface area contributed by atoms with Crippen LogP contribution in [0.4, 0.5) is 0 Å². The average molecular weight is 640 g/mol. The maximum atomic E-state index is 8.06. The smallest absolute Gasteiger partial charge is 0.522 e. The summed E-state index contributed by atoms with van der Waals surface area (Å²) in [6.45, 7) is 7.61. The monoisotopic (exact) mass is 636 g/mol. The van der Waals surface area contributed by atoms with E-state index in [0.717, 1.165) is 17.4 Å². The summed E-state index contributed by atoms with van der Waals surface area (Å²) < 4.78 is 2.63. The molecule has 0 saturated carbocycles. The molecule has 0 radical (unpaired) electrons. The standard InChI is InChI=1S/2C8H6BrS.C3H8O.CH4OSi.Zr/c2*1-5-2-6-7(9)4-10-8(6)3-5;1-3(2)4;2-1-3;/h2*2H,4H2,1H3;3-4H,1-2H3;1-2H,3H2;/q2*-1;;;+2. The first-order valence-electron chi connectivity index (χ1n) is 8.30. The van der Waals surface area contributed by atoms with Crippen LogP contribution in [0.15, 0.2) is 53.2 Å². The van der Waals surface area contributed by atoms with E-state index >= 15 is 0 Å². The van der Waals surface area contributed by atoms with Crippen molar-refractivity contribution in [1.29, 1.82) is 0 Å². The molecule has 28 heavy (non-hydrogen) atoms. The van der Waals surface area contributed by atoms with Gasteiger partial charge in [0.2, 0.25) is 0 Å². The fourth-order valence-electron chi connectivity index (χ4n) is 2.19. The van der Waals surface area contributed by atoms with Crippen LogP contribution in [0.5, 0.6) is 0 Å². The van der Waals surface area contributed by atoms with Crippen molar-refractivity contribution in [2.45, 2.75) is 33.8 Å². The minimum absolute atomic E-state index is 0. The SMILES string of the molecule is CC(C)O.CC1=CC2=C(Br)CSC2=[C-]1.CC1=CC2=C(Br)CSC2=[C-]1.OC=[SiH2].[Zr+2]. The van der Waals surface area contributed by atoms with Gasteiger partial charge in [-0.25, -0.2) is 12.2 Å². The van der Waals surface area contributed by atoms with E-state index in [9.17, 15) is 0 Å². The predicted octanol–water partition coefficient (Wildman–Crippen LogP) is 5.19. The molecule has 0 spiro atoms. The van der Waals surface area contributed by atoms with Crippen LogP contribution in [0.1, 0.15) is 27.7 Å². The van der Waals surface area contributed by atoms with Crippen molar-refractivity contribution in [2.75, 3.05) is 11.5 Å². The number of allylic oxidation sites excluding steroid dienone is 8. The Morgan fingerprint density at radius 2 is 1.29 bits per heavy atom. The molecule has 4 aliphatic rings.